The summed E-state index contributed by atoms with van der Waals surface area (Å²) >= 11 is 1.06. The Bertz CT molecular complexity index is 612. The van der Waals surface area contributed by atoms with E-state index in [2.05, 4.69) is 10.0 Å². The zero-order valence-electron chi connectivity index (χ0n) is 11.1. The topological polar surface area (TPSA) is 113 Å². The molecule has 21 heavy (non-hydrogen) atoms. The Hall–Kier alpha value is -1.45. The minimum atomic E-state index is -3.68. The van der Waals surface area contributed by atoms with Crippen molar-refractivity contribution in [3.63, 3.8) is 0 Å². The number of amides is 1. The molecule has 0 spiro atoms. The lowest BCUT2D eigenvalue weighted by Gasteiger charge is -2.17. The number of rotatable bonds is 6. The van der Waals surface area contributed by atoms with Crippen LogP contribution in [0, 0.1) is 5.92 Å². The van der Waals surface area contributed by atoms with Crippen LogP contribution >= 0.6 is 11.3 Å². The van der Waals surface area contributed by atoms with E-state index in [1.54, 1.807) is 11.4 Å². The van der Waals surface area contributed by atoms with E-state index in [0.29, 0.717) is 12.8 Å². The van der Waals surface area contributed by atoms with E-state index in [1.165, 1.54) is 6.07 Å². The largest absolute Gasteiger partial charge is 0.481 e. The van der Waals surface area contributed by atoms with Gasteiger partial charge in [0, 0.05) is 6.04 Å². The SMILES string of the molecule is O=C(CNS(=O)(=O)c1cccs1)N[C@H]1CCC[C@H]1C(=O)O. The van der Waals surface area contributed by atoms with Gasteiger partial charge in [-0.1, -0.05) is 12.5 Å². The summed E-state index contributed by atoms with van der Waals surface area (Å²) < 4.78 is 26.0. The molecule has 1 fully saturated rings. The highest BCUT2D eigenvalue weighted by atomic mass is 32.2. The molecular weight excluding hydrogens is 316 g/mol. The summed E-state index contributed by atoms with van der Waals surface area (Å²) in [5, 5.41) is 13.2. The van der Waals surface area contributed by atoms with Gasteiger partial charge < -0.3 is 10.4 Å². The van der Waals surface area contributed by atoms with Crippen molar-refractivity contribution in [2.75, 3.05) is 6.54 Å². The quantitative estimate of drug-likeness (QED) is 0.698. The minimum absolute atomic E-state index is 0.138. The van der Waals surface area contributed by atoms with E-state index in [4.69, 9.17) is 5.11 Å². The molecule has 7 nitrogen and oxygen atoms in total. The molecular formula is C12H16N2O5S2. The molecule has 1 aliphatic rings. The van der Waals surface area contributed by atoms with Gasteiger partial charge in [0.25, 0.3) is 10.0 Å². The van der Waals surface area contributed by atoms with Crippen molar-refractivity contribution in [1.29, 1.82) is 0 Å². The average Bonchev–Trinajstić information content (AvgIpc) is 3.07. The maximum atomic E-state index is 11.8. The normalized spacial score (nSPS) is 22.1. The first-order valence-corrected chi connectivity index (χ1v) is 8.82. The summed E-state index contributed by atoms with van der Waals surface area (Å²) in [6.07, 6.45) is 1.87. The fraction of sp³-hybridized carbons (Fsp3) is 0.500. The molecule has 0 unspecified atom stereocenters. The van der Waals surface area contributed by atoms with E-state index in [-0.39, 0.29) is 4.21 Å². The van der Waals surface area contributed by atoms with Crippen molar-refractivity contribution < 1.29 is 23.1 Å². The molecule has 2 rings (SSSR count). The van der Waals surface area contributed by atoms with Gasteiger partial charge in [-0.25, -0.2) is 13.1 Å². The zero-order chi connectivity index (χ0) is 15.5. The highest BCUT2D eigenvalue weighted by molar-refractivity contribution is 7.91. The highest BCUT2D eigenvalue weighted by Gasteiger charge is 2.33. The molecule has 1 amide bonds. The average molecular weight is 332 g/mol. The zero-order valence-corrected chi connectivity index (χ0v) is 12.7. The Morgan fingerprint density at radius 3 is 2.76 bits per heavy atom. The number of carboxylic acids is 1. The number of carboxylic acid groups (broad SMARTS) is 1. The molecule has 1 aliphatic carbocycles. The number of carbonyl (C=O) groups is 2. The van der Waals surface area contributed by atoms with E-state index in [9.17, 15) is 18.0 Å². The van der Waals surface area contributed by atoms with Gasteiger partial charge in [-0.15, -0.1) is 11.3 Å². The molecule has 1 aromatic rings. The molecule has 0 aromatic carbocycles. The van der Waals surface area contributed by atoms with E-state index >= 15 is 0 Å². The monoisotopic (exact) mass is 332 g/mol. The van der Waals surface area contributed by atoms with Gasteiger partial charge in [0.1, 0.15) is 4.21 Å². The second-order valence-corrected chi connectivity index (χ2v) is 7.75. The van der Waals surface area contributed by atoms with Crippen LogP contribution in [-0.2, 0) is 19.6 Å². The summed E-state index contributed by atoms with van der Waals surface area (Å²) in [5.74, 6) is -2.05. The Morgan fingerprint density at radius 2 is 2.14 bits per heavy atom. The van der Waals surface area contributed by atoms with Crippen molar-refractivity contribution in [3.8, 4) is 0 Å². The molecule has 3 N–H and O–H groups in total. The number of nitrogens with one attached hydrogen (secondary N) is 2. The summed E-state index contributed by atoms with van der Waals surface area (Å²) in [5.41, 5.74) is 0. The van der Waals surface area contributed by atoms with Gasteiger partial charge >= 0.3 is 5.97 Å². The number of hydrogen-bond acceptors (Lipinski definition) is 5. The third-order valence-electron chi connectivity index (χ3n) is 3.36. The second kappa shape index (κ2) is 6.54. The molecule has 2 atom stereocenters. The van der Waals surface area contributed by atoms with Crippen LogP contribution in [0.3, 0.4) is 0 Å². The lowest BCUT2D eigenvalue weighted by Crippen LogP contribution is -2.44. The third-order valence-corrected chi connectivity index (χ3v) is 6.16. The number of aliphatic carboxylic acids is 1. The molecule has 116 valence electrons. The van der Waals surface area contributed by atoms with Crippen molar-refractivity contribution in [2.24, 2.45) is 5.92 Å². The van der Waals surface area contributed by atoms with Crippen LogP contribution in [0.1, 0.15) is 19.3 Å². The Labute approximate surface area is 126 Å². The van der Waals surface area contributed by atoms with E-state index < -0.39 is 40.4 Å². The maximum Gasteiger partial charge on any atom is 0.308 e. The van der Waals surface area contributed by atoms with Crippen LogP contribution in [0.2, 0.25) is 0 Å². The predicted molar refractivity (Wildman–Crippen MR) is 76.4 cm³/mol. The first-order chi connectivity index (χ1) is 9.90. The number of sulfonamides is 1. The van der Waals surface area contributed by atoms with Crippen molar-refractivity contribution in [2.45, 2.75) is 29.5 Å². The Balaban J connectivity index is 1.87. The molecule has 0 aliphatic heterocycles. The summed E-state index contributed by atoms with van der Waals surface area (Å²) in [6.45, 7) is -0.400. The molecule has 1 aromatic heterocycles. The van der Waals surface area contributed by atoms with Crippen LogP contribution in [0.25, 0.3) is 0 Å². The number of thiophene rings is 1. The summed E-state index contributed by atoms with van der Waals surface area (Å²) in [7, 11) is -3.68. The van der Waals surface area contributed by atoms with Crippen molar-refractivity contribution >= 4 is 33.2 Å². The Kier molecular flexibility index (Phi) is 4.96. The Morgan fingerprint density at radius 1 is 1.38 bits per heavy atom. The van der Waals surface area contributed by atoms with Gasteiger partial charge in [0.15, 0.2) is 0 Å². The smallest absolute Gasteiger partial charge is 0.308 e. The van der Waals surface area contributed by atoms with Gasteiger partial charge in [-0.05, 0) is 24.3 Å². The van der Waals surface area contributed by atoms with Crippen molar-refractivity contribution in [3.05, 3.63) is 17.5 Å². The fourth-order valence-corrected chi connectivity index (χ4v) is 4.35. The maximum absolute atomic E-state index is 11.8. The number of hydrogen-bond donors (Lipinski definition) is 3. The van der Waals surface area contributed by atoms with Crippen molar-refractivity contribution in [1.82, 2.24) is 10.0 Å². The van der Waals surface area contributed by atoms with Crippen LogP contribution < -0.4 is 10.0 Å². The van der Waals surface area contributed by atoms with Crippen LogP contribution in [0.15, 0.2) is 21.7 Å². The van der Waals surface area contributed by atoms with Crippen LogP contribution in [-0.4, -0.2) is 38.0 Å². The van der Waals surface area contributed by atoms with E-state index in [0.717, 1.165) is 17.8 Å². The number of carbonyl (C=O) groups excluding carboxylic acids is 1. The lowest BCUT2D eigenvalue weighted by molar-refractivity contribution is -0.142. The van der Waals surface area contributed by atoms with Gasteiger partial charge in [0.2, 0.25) is 5.91 Å². The molecule has 1 saturated carbocycles. The minimum Gasteiger partial charge on any atom is -0.481 e. The first kappa shape index (κ1) is 15.9. The molecule has 0 radical (unpaired) electrons. The predicted octanol–water partition coefficient (Wildman–Crippen LogP) is 0.396. The van der Waals surface area contributed by atoms with Crippen LogP contribution in [0.4, 0.5) is 0 Å². The molecule has 9 heteroatoms. The van der Waals surface area contributed by atoms with Gasteiger partial charge in [-0.2, -0.15) is 0 Å². The highest BCUT2D eigenvalue weighted by Crippen LogP contribution is 2.25. The third kappa shape index (κ3) is 4.02. The summed E-state index contributed by atoms with van der Waals surface area (Å²) in [4.78, 5) is 22.8. The van der Waals surface area contributed by atoms with Crippen LogP contribution in [0.5, 0.6) is 0 Å². The second-order valence-electron chi connectivity index (χ2n) is 4.81. The molecule has 0 saturated heterocycles. The summed E-state index contributed by atoms with van der Waals surface area (Å²) in [6, 6.07) is 2.62. The lowest BCUT2D eigenvalue weighted by atomic mass is 10.0. The molecule has 1 heterocycles. The van der Waals surface area contributed by atoms with Gasteiger partial charge in [-0.3, -0.25) is 9.59 Å². The molecule has 0 bridgehead atoms. The van der Waals surface area contributed by atoms with Gasteiger partial charge in [0.05, 0.1) is 12.5 Å². The first-order valence-electron chi connectivity index (χ1n) is 6.45. The fourth-order valence-electron chi connectivity index (χ4n) is 2.33. The standard InChI is InChI=1S/C12H16N2O5S2/c15-10(14-9-4-1-3-8(9)12(16)17)7-13-21(18,19)11-5-2-6-20-11/h2,5-6,8-9,13H,1,3-4,7H2,(H,14,15)(H,16,17)/t8-,9+/m1/s1. The van der Waals surface area contributed by atoms with E-state index in [1.807, 2.05) is 0 Å².